The van der Waals surface area contributed by atoms with Crippen molar-refractivity contribution >= 4 is 46.5 Å². The second-order valence-electron chi connectivity index (χ2n) is 6.98. The van der Waals surface area contributed by atoms with Gasteiger partial charge in [0.15, 0.2) is 0 Å². The number of fused-ring (bicyclic) bond motifs is 1. The third kappa shape index (κ3) is 4.20. The molecule has 0 aromatic heterocycles. The molecule has 0 saturated heterocycles. The molecule has 1 aliphatic carbocycles. The summed E-state index contributed by atoms with van der Waals surface area (Å²) < 4.78 is 0. The molecule has 27 heavy (non-hydrogen) atoms. The van der Waals surface area contributed by atoms with Crippen LogP contribution in [0.4, 0.5) is 16.2 Å². The average Bonchev–Trinajstić information content (AvgIpc) is 3.48. The molecule has 1 heterocycles. The van der Waals surface area contributed by atoms with Crippen LogP contribution in [0.3, 0.4) is 0 Å². The minimum atomic E-state index is -0.366. The first kappa shape index (κ1) is 18.1. The molecule has 2 aromatic rings. The average molecular weight is 404 g/mol. The van der Waals surface area contributed by atoms with Gasteiger partial charge in [0, 0.05) is 30.4 Å². The second-order valence-corrected chi connectivity index (χ2v) is 7.79. The van der Waals surface area contributed by atoms with Crippen LogP contribution in [0.2, 0.25) is 10.0 Å². The van der Waals surface area contributed by atoms with Gasteiger partial charge in [-0.05, 0) is 60.7 Å². The summed E-state index contributed by atoms with van der Waals surface area (Å²) in [4.78, 5) is 26.5. The standard InChI is InChI=1S/C20H19Cl2N3O2/c21-17-6-5-16(10-18(17)22)24-20(27)23-15-4-3-12-7-8-25(11-14(12)9-15)19(26)13-1-2-13/h3-6,9-10,13H,1-2,7-8,11H2,(H2,23,24,27). The van der Waals surface area contributed by atoms with Gasteiger partial charge < -0.3 is 15.5 Å². The molecule has 3 amide bonds. The lowest BCUT2D eigenvalue weighted by Crippen LogP contribution is -2.36. The van der Waals surface area contributed by atoms with Gasteiger partial charge in [-0.2, -0.15) is 0 Å². The number of carbonyl (C=O) groups is 2. The Labute approximate surface area is 167 Å². The molecule has 0 spiro atoms. The molecule has 140 valence electrons. The topological polar surface area (TPSA) is 61.4 Å². The first-order valence-electron chi connectivity index (χ1n) is 8.93. The lowest BCUT2D eigenvalue weighted by Gasteiger charge is -2.29. The maximum Gasteiger partial charge on any atom is 0.323 e. The van der Waals surface area contributed by atoms with Gasteiger partial charge >= 0.3 is 6.03 Å². The van der Waals surface area contributed by atoms with Gasteiger partial charge in [0.2, 0.25) is 5.91 Å². The van der Waals surface area contributed by atoms with E-state index < -0.39 is 0 Å². The highest BCUT2D eigenvalue weighted by Gasteiger charge is 2.34. The normalized spacial score (nSPS) is 15.9. The van der Waals surface area contributed by atoms with Crippen LogP contribution in [-0.4, -0.2) is 23.4 Å². The fourth-order valence-corrected chi connectivity index (χ4v) is 3.58. The van der Waals surface area contributed by atoms with Crippen LogP contribution in [0, 0.1) is 5.92 Å². The number of benzene rings is 2. The zero-order valence-electron chi connectivity index (χ0n) is 14.6. The first-order valence-corrected chi connectivity index (χ1v) is 9.69. The van der Waals surface area contributed by atoms with E-state index in [1.54, 1.807) is 18.2 Å². The van der Waals surface area contributed by atoms with Gasteiger partial charge in [-0.1, -0.05) is 29.3 Å². The third-order valence-electron chi connectivity index (χ3n) is 4.89. The van der Waals surface area contributed by atoms with Gasteiger partial charge in [-0.25, -0.2) is 4.79 Å². The van der Waals surface area contributed by atoms with Crippen molar-refractivity contribution in [3.63, 3.8) is 0 Å². The molecule has 7 heteroatoms. The monoisotopic (exact) mass is 403 g/mol. The maximum absolute atomic E-state index is 12.3. The van der Waals surface area contributed by atoms with Crippen molar-refractivity contribution in [3.05, 3.63) is 57.6 Å². The molecule has 0 unspecified atom stereocenters. The van der Waals surface area contributed by atoms with E-state index in [-0.39, 0.29) is 17.9 Å². The van der Waals surface area contributed by atoms with E-state index in [2.05, 4.69) is 10.6 Å². The molecule has 2 aliphatic rings. The maximum atomic E-state index is 12.3. The summed E-state index contributed by atoms with van der Waals surface area (Å²) >= 11 is 11.9. The molecule has 2 N–H and O–H groups in total. The van der Waals surface area contributed by atoms with Crippen LogP contribution in [0.5, 0.6) is 0 Å². The Hall–Kier alpha value is -2.24. The van der Waals surface area contributed by atoms with E-state index in [1.165, 1.54) is 5.56 Å². The van der Waals surface area contributed by atoms with E-state index in [0.717, 1.165) is 31.4 Å². The number of hydrogen-bond donors (Lipinski definition) is 2. The quantitative estimate of drug-likeness (QED) is 0.762. The second kappa shape index (κ2) is 7.41. The van der Waals surface area contributed by atoms with Crippen molar-refractivity contribution in [2.75, 3.05) is 17.2 Å². The van der Waals surface area contributed by atoms with Gasteiger partial charge in [0.1, 0.15) is 0 Å². The summed E-state index contributed by atoms with van der Waals surface area (Å²) in [6.45, 7) is 1.38. The smallest absolute Gasteiger partial charge is 0.323 e. The summed E-state index contributed by atoms with van der Waals surface area (Å²) in [5.41, 5.74) is 3.56. The summed E-state index contributed by atoms with van der Waals surface area (Å²) in [6.07, 6.45) is 2.88. The molecule has 1 aliphatic heterocycles. The van der Waals surface area contributed by atoms with Crippen molar-refractivity contribution in [1.29, 1.82) is 0 Å². The molecule has 5 nitrogen and oxygen atoms in total. The highest BCUT2D eigenvalue weighted by Crippen LogP contribution is 2.33. The zero-order chi connectivity index (χ0) is 19.0. The summed E-state index contributed by atoms with van der Waals surface area (Å²) in [5.74, 6) is 0.487. The zero-order valence-corrected chi connectivity index (χ0v) is 16.1. The van der Waals surface area contributed by atoms with Crippen LogP contribution < -0.4 is 10.6 Å². The predicted octanol–water partition coefficient (Wildman–Crippen LogP) is 4.93. The lowest BCUT2D eigenvalue weighted by molar-refractivity contribution is -0.133. The number of amides is 3. The van der Waals surface area contributed by atoms with Crippen molar-refractivity contribution in [2.45, 2.75) is 25.8 Å². The molecule has 2 aromatic carbocycles. The first-order chi connectivity index (χ1) is 13.0. The van der Waals surface area contributed by atoms with Gasteiger partial charge in [-0.15, -0.1) is 0 Å². The number of nitrogens with one attached hydrogen (secondary N) is 2. The van der Waals surface area contributed by atoms with Crippen molar-refractivity contribution in [2.24, 2.45) is 5.92 Å². The summed E-state index contributed by atoms with van der Waals surface area (Å²) in [5, 5.41) is 6.37. The molecule has 0 bridgehead atoms. The van der Waals surface area contributed by atoms with Gasteiger partial charge in [0.05, 0.1) is 10.0 Å². The third-order valence-corrected chi connectivity index (χ3v) is 5.63. The van der Waals surface area contributed by atoms with Crippen LogP contribution in [-0.2, 0) is 17.8 Å². The Morgan fingerprint density at radius 2 is 1.63 bits per heavy atom. The SMILES string of the molecule is O=C(Nc1ccc(Cl)c(Cl)c1)Nc1ccc2c(c1)CN(C(=O)C1CC1)CC2. The molecule has 0 atom stereocenters. The van der Waals surface area contributed by atoms with Crippen LogP contribution in [0.15, 0.2) is 36.4 Å². The van der Waals surface area contributed by atoms with Gasteiger partial charge in [-0.3, -0.25) is 4.79 Å². The fraction of sp³-hybridized carbons (Fsp3) is 0.300. The highest BCUT2D eigenvalue weighted by molar-refractivity contribution is 6.42. The van der Waals surface area contributed by atoms with Crippen LogP contribution >= 0.6 is 23.2 Å². The minimum absolute atomic E-state index is 0.227. The molecular formula is C20H19Cl2N3O2. The minimum Gasteiger partial charge on any atom is -0.338 e. The Morgan fingerprint density at radius 1 is 0.926 bits per heavy atom. The largest absolute Gasteiger partial charge is 0.338 e. The number of halogens is 2. The number of hydrogen-bond acceptors (Lipinski definition) is 2. The number of carbonyl (C=O) groups excluding carboxylic acids is 2. The van der Waals surface area contributed by atoms with E-state index in [4.69, 9.17) is 23.2 Å². The van der Waals surface area contributed by atoms with Crippen LogP contribution in [0.1, 0.15) is 24.0 Å². The summed E-state index contributed by atoms with van der Waals surface area (Å²) in [6, 6.07) is 10.4. The highest BCUT2D eigenvalue weighted by atomic mass is 35.5. The van der Waals surface area contributed by atoms with Crippen molar-refractivity contribution in [1.82, 2.24) is 4.90 Å². The molecule has 0 radical (unpaired) electrons. The van der Waals surface area contributed by atoms with Crippen molar-refractivity contribution < 1.29 is 9.59 Å². The lowest BCUT2D eigenvalue weighted by atomic mass is 9.98. The molecule has 4 rings (SSSR count). The van der Waals surface area contributed by atoms with Crippen molar-refractivity contribution in [3.8, 4) is 0 Å². The number of rotatable bonds is 3. The number of urea groups is 1. The number of nitrogens with zero attached hydrogens (tertiary/aromatic N) is 1. The molecule has 1 saturated carbocycles. The van der Waals surface area contributed by atoms with E-state index in [1.807, 2.05) is 23.1 Å². The van der Waals surface area contributed by atoms with E-state index in [0.29, 0.717) is 28.0 Å². The molecule has 1 fully saturated rings. The van der Waals surface area contributed by atoms with Crippen LogP contribution in [0.25, 0.3) is 0 Å². The molecular weight excluding hydrogens is 385 g/mol. The van der Waals surface area contributed by atoms with E-state index in [9.17, 15) is 9.59 Å². The predicted molar refractivity (Wildman–Crippen MR) is 107 cm³/mol. The van der Waals surface area contributed by atoms with E-state index >= 15 is 0 Å². The Morgan fingerprint density at radius 3 is 2.33 bits per heavy atom. The Balaban J connectivity index is 1.42. The Bertz CT molecular complexity index is 912. The summed E-state index contributed by atoms with van der Waals surface area (Å²) in [7, 11) is 0. The Kier molecular flexibility index (Phi) is 4.98. The fourth-order valence-electron chi connectivity index (χ4n) is 3.28. The number of anilines is 2. The van der Waals surface area contributed by atoms with Gasteiger partial charge in [0.25, 0.3) is 0 Å².